The molecule has 0 radical (unpaired) electrons. The Morgan fingerprint density at radius 3 is 2.52 bits per heavy atom. The highest BCUT2D eigenvalue weighted by Gasteiger charge is 2.22. The Morgan fingerprint density at radius 1 is 1.12 bits per heavy atom. The Labute approximate surface area is 145 Å². The van der Waals surface area contributed by atoms with Crippen LogP contribution in [0.1, 0.15) is 43.5 Å². The highest BCUT2D eigenvalue weighted by molar-refractivity contribution is 5.74. The van der Waals surface area contributed by atoms with E-state index in [1.54, 1.807) is 0 Å². The van der Waals surface area contributed by atoms with E-state index in [1.807, 2.05) is 24.9 Å². The quantitative estimate of drug-likeness (QED) is 0.771. The van der Waals surface area contributed by atoms with Crippen molar-refractivity contribution < 1.29 is 4.63 Å². The summed E-state index contributed by atoms with van der Waals surface area (Å²) in [6.45, 7) is 6.05. The lowest BCUT2D eigenvalue weighted by atomic mass is 10.1. The van der Waals surface area contributed by atoms with Gasteiger partial charge in [0, 0.05) is 31.9 Å². The van der Waals surface area contributed by atoms with Crippen LogP contribution >= 0.6 is 0 Å². The molecule has 1 aliphatic rings. The zero-order valence-electron chi connectivity index (χ0n) is 14.7. The summed E-state index contributed by atoms with van der Waals surface area (Å²) in [6, 6.07) is 0.0452. The first kappa shape index (κ1) is 15.8. The summed E-state index contributed by atoms with van der Waals surface area (Å²) in [6.07, 6.45) is 5.60. The number of piperidine rings is 1. The minimum atomic E-state index is 0.0452. The summed E-state index contributed by atoms with van der Waals surface area (Å²) in [4.78, 5) is 11.5. The molecule has 132 valence electrons. The van der Waals surface area contributed by atoms with Crippen LogP contribution in [0.4, 0.5) is 11.6 Å². The summed E-state index contributed by atoms with van der Waals surface area (Å²) in [5, 5.41) is 15.6. The topological polar surface area (TPSA) is 97.8 Å². The number of nitrogens with one attached hydrogen (secondary N) is 1. The molecule has 1 atom stereocenters. The lowest BCUT2D eigenvalue weighted by Crippen LogP contribution is -2.31. The molecule has 0 aliphatic carbocycles. The van der Waals surface area contributed by atoms with Crippen molar-refractivity contribution in [2.45, 2.75) is 39.2 Å². The molecule has 0 saturated carbocycles. The number of hydrogen-bond donors (Lipinski definition) is 1. The highest BCUT2D eigenvalue weighted by atomic mass is 16.6. The average molecular weight is 342 g/mol. The van der Waals surface area contributed by atoms with Crippen LogP contribution in [0.25, 0.3) is 11.3 Å². The summed E-state index contributed by atoms with van der Waals surface area (Å²) < 4.78 is 6.61. The van der Waals surface area contributed by atoms with Crippen molar-refractivity contribution in [3.05, 3.63) is 17.5 Å². The molecule has 4 rings (SSSR count). The fraction of sp³-hybridized carbons (Fsp3) is 0.562. The van der Waals surface area contributed by atoms with E-state index < -0.39 is 0 Å². The van der Waals surface area contributed by atoms with Gasteiger partial charge in [0.25, 0.3) is 0 Å². The third-order valence-electron chi connectivity index (χ3n) is 4.62. The predicted molar refractivity (Wildman–Crippen MR) is 93.4 cm³/mol. The second-order valence-electron chi connectivity index (χ2n) is 6.56. The molecule has 1 saturated heterocycles. The maximum Gasteiger partial charge on any atom is 0.245 e. The maximum absolute atomic E-state index is 4.79. The molecule has 3 aromatic rings. The van der Waals surface area contributed by atoms with Gasteiger partial charge >= 0.3 is 0 Å². The molecule has 3 aromatic heterocycles. The van der Waals surface area contributed by atoms with Crippen molar-refractivity contribution in [2.24, 2.45) is 7.05 Å². The molecule has 9 nitrogen and oxygen atoms in total. The zero-order valence-corrected chi connectivity index (χ0v) is 14.7. The number of anilines is 2. The van der Waals surface area contributed by atoms with Gasteiger partial charge in [0.15, 0.2) is 11.6 Å². The second kappa shape index (κ2) is 6.30. The van der Waals surface area contributed by atoms with Gasteiger partial charge in [-0.05, 0) is 43.4 Å². The molecule has 0 amide bonds. The monoisotopic (exact) mass is 342 g/mol. The van der Waals surface area contributed by atoms with Crippen molar-refractivity contribution in [3.63, 3.8) is 0 Å². The molecular formula is C16H22N8O. The van der Waals surface area contributed by atoms with Crippen LogP contribution in [0.2, 0.25) is 0 Å². The van der Waals surface area contributed by atoms with Gasteiger partial charge in [-0.2, -0.15) is 5.10 Å². The third-order valence-corrected chi connectivity index (χ3v) is 4.62. The van der Waals surface area contributed by atoms with Gasteiger partial charge in [0.2, 0.25) is 11.3 Å². The van der Waals surface area contributed by atoms with Gasteiger partial charge in [-0.15, -0.1) is 0 Å². The van der Waals surface area contributed by atoms with Gasteiger partial charge in [-0.25, -0.2) is 14.6 Å². The molecule has 4 heterocycles. The largest absolute Gasteiger partial charge is 0.360 e. The lowest BCUT2D eigenvalue weighted by molar-refractivity contribution is 0.314. The zero-order chi connectivity index (χ0) is 17.4. The number of rotatable bonds is 4. The van der Waals surface area contributed by atoms with E-state index in [0.29, 0.717) is 17.1 Å². The SMILES string of the molecule is Cc1nn(C)cc1[C@@H](C)Nc1nc2nonc2nc1N1CCCCC1. The fourth-order valence-corrected chi connectivity index (χ4v) is 3.38. The Kier molecular flexibility index (Phi) is 3.98. The van der Waals surface area contributed by atoms with Gasteiger partial charge < -0.3 is 10.2 Å². The van der Waals surface area contributed by atoms with Crippen LogP contribution in [0.3, 0.4) is 0 Å². The minimum absolute atomic E-state index is 0.0452. The first-order valence-electron chi connectivity index (χ1n) is 8.64. The highest BCUT2D eigenvalue weighted by Crippen LogP contribution is 2.30. The molecule has 1 aliphatic heterocycles. The standard InChI is InChI=1S/C16H22N8O/c1-10(12-9-23(3)20-11(12)2)17-15-16(24-7-5-4-6-8-24)19-14-13(18-15)21-25-22-14/h9-10H,4-8H2,1-3H3,(H,17,18,21)/t10-/m1/s1. The molecule has 0 bridgehead atoms. The molecule has 0 unspecified atom stereocenters. The van der Waals surface area contributed by atoms with E-state index in [9.17, 15) is 0 Å². The molecule has 1 fully saturated rings. The summed E-state index contributed by atoms with van der Waals surface area (Å²) in [7, 11) is 1.93. The number of aromatic nitrogens is 6. The van der Waals surface area contributed by atoms with Crippen LogP contribution in [0, 0.1) is 6.92 Å². The number of hydrogen-bond acceptors (Lipinski definition) is 8. The van der Waals surface area contributed by atoms with Crippen molar-refractivity contribution >= 4 is 22.9 Å². The Morgan fingerprint density at radius 2 is 1.84 bits per heavy atom. The van der Waals surface area contributed by atoms with E-state index in [-0.39, 0.29) is 6.04 Å². The Bertz CT molecular complexity index is 880. The molecule has 25 heavy (non-hydrogen) atoms. The van der Waals surface area contributed by atoms with Crippen molar-refractivity contribution in [2.75, 3.05) is 23.3 Å². The van der Waals surface area contributed by atoms with Gasteiger partial charge in [-0.1, -0.05) is 0 Å². The van der Waals surface area contributed by atoms with Crippen molar-refractivity contribution in [1.82, 2.24) is 30.1 Å². The summed E-state index contributed by atoms with van der Waals surface area (Å²) in [5.41, 5.74) is 2.99. The van der Waals surface area contributed by atoms with Gasteiger partial charge in [0.1, 0.15) is 0 Å². The smallest absolute Gasteiger partial charge is 0.245 e. The molecular weight excluding hydrogens is 320 g/mol. The van der Waals surface area contributed by atoms with E-state index in [1.165, 1.54) is 6.42 Å². The van der Waals surface area contributed by atoms with E-state index in [2.05, 4.69) is 42.5 Å². The predicted octanol–water partition coefficient (Wildman–Crippen LogP) is 2.22. The van der Waals surface area contributed by atoms with Crippen LogP contribution in [0.5, 0.6) is 0 Å². The Hall–Kier alpha value is -2.71. The normalized spacial score (nSPS) is 16.4. The van der Waals surface area contributed by atoms with Crippen LogP contribution in [-0.4, -0.2) is 43.2 Å². The minimum Gasteiger partial charge on any atom is -0.360 e. The van der Waals surface area contributed by atoms with Gasteiger partial charge in [-0.3, -0.25) is 4.68 Å². The average Bonchev–Trinajstić information content (AvgIpc) is 3.20. The van der Waals surface area contributed by atoms with E-state index in [4.69, 9.17) is 4.63 Å². The number of nitrogens with zero attached hydrogens (tertiary/aromatic N) is 7. The number of aryl methyl sites for hydroxylation is 2. The van der Waals surface area contributed by atoms with Crippen molar-refractivity contribution in [1.29, 1.82) is 0 Å². The van der Waals surface area contributed by atoms with E-state index >= 15 is 0 Å². The first-order chi connectivity index (χ1) is 12.1. The van der Waals surface area contributed by atoms with Crippen molar-refractivity contribution in [3.8, 4) is 0 Å². The van der Waals surface area contributed by atoms with Crippen LogP contribution in [0.15, 0.2) is 10.8 Å². The van der Waals surface area contributed by atoms with E-state index in [0.717, 1.165) is 43.0 Å². The molecule has 1 N–H and O–H groups in total. The maximum atomic E-state index is 4.79. The summed E-state index contributed by atoms with van der Waals surface area (Å²) >= 11 is 0. The third kappa shape index (κ3) is 3.01. The molecule has 0 spiro atoms. The number of fused-ring (bicyclic) bond motifs is 1. The summed E-state index contributed by atoms with van der Waals surface area (Å²) in [5.74, 6) is 1.53. The first-order valence-corrected chi connectivity index (χ1v) is 8.64. The molecule has 0 aromatic carbocycles. The van der Waals surface area contributed by atoms with Crippen LogP contribution in [-0.2, 0) is 7.05 Å². The Balaban J connectivity index is 1.70. The van der Waals surface area contributed by atoms with Crippen LogP contribution < -0.4 is 10.2 Å². The van der Waals surface area contributed by atoms with Gasteiger partial charge in [0.05, 0.1) is 11.7 Å². The molecule has 9 heteroatoms. The lowest BCUT2D eigenvalue weighted by Gasteiger charge is -2.29. The fourth-order valence-electron chi connectivity index (χ4n) is 3.38. The second-order valence-corrected chi connectivity index (χ2v) is 6.56.